The molecule has 0 fully saturated rings. The first-order chi connectivity index (χ1) is 12.6. The maximum Gasteiger partial charge on any atom is 0.728 e. The molecule has 1 heterocycles. The van der Waals surface area contributed by atoms with Gasteiger partial charge >= 0.3 is 6.09 Å². The quantitative estimate of drug-likeness (QED) is 0.537. The first kappa shape index (κ1) is 22.6. The Morgan fingerprint density at radius 2 is 2.00 bits per heavy atom. The molecular weight excluding hydrogens is 416 g/mol. The number of pyridine rings is 1. The normalized spacial score (nSPS) is 11.6. The summed E-state index contributed by atoms with van der Waals surface area (Å²) in [6.07, 6.45) is 0.522. The second-order valence-electron chi connectivity index (χ2n) is 6.71. The van der Waals surface area contributed by atoms with E-state index in [2.05, 4.69) is 42.7 Å². The highest BCUT2D eigenvalue weighted by molar-refractivity contribution is 9.10. The lowest BCUT2D eigenvalue weighted by Crippen LogP contribution is -2.42. The van der Waals surface area contributed by atoms with Crippen molar-refractivity contribution in [2.45, 2.75) is 52.6 Å². The van der Waals surface area contributed by atoms with Crippen molar-refractivity contribution in [3.05, 3.63) is 33.3 Å². The van der Waals surface area contributed by atoms with Gasteiger partial charge < -0.3 is 4.74 Å². The van der Waals surface area contributed by atoms with Crippen molar-refractivity contribution < 1.29 is 19.1 Å². The fraction of sp³-hybridized carbons (Fsp3) is 0.500. The summed E-state index contributed by atoms with van der Waals surface area (Å²) >= 11 is 3.17. The number of carbonyl (C=O) groups excluding carboxylic acids is 3. The molecule has 1 aromatic heterocycles. The van der Waals surface area contributed by atoms with Crippen molar-refractivity contribution in [3.63, 3.8) is 0 Å². The Morgan fingerprint density at radius 1 is 1.30 bits per heavy atom. The average molecular weight is 440 g/mol. The number of aromatic nitrogens is 1. The summed E-state index contributed by atoms with van der Waals surface area (Å²) in [6, 6.07) is 7.60. The van der Waals surface area contributed by atoms with Gasteiger partial charge in [-0.1, -0.05) is 13.0 Å². The summed E-state index contributed by atoms with van der Waals surface area (Å²) in [5.41, 5.74) is 4.19. The molecule has 0 aliphatic carbocycles. The van der Waals surface area contributed by atoms with Crippen LogP contribution in [-0.4, -0.2) is 28.5 Å². The molecule has 9 heteroatoms. The van der Waals surface area contributed by atoms with Crippen LogP contribution in [0.1, 0.15) is 57.4 Å². The molecule has 1 unspecified atom stereocenters. The van der Waals surface area contributed by atoms with Gasteiger partial charge in [0, 0.05) is 6.42 Å². The van der Waals surface area contributed by atoms with Gasteiger partial charge in [0.2, 0.25) is 5.91 Å². The van der Waals surface area contributed by atoms with Gasteiger partial charge in [0.1, 0.15) is 15.9 Å². The van der Waals surface area contributed by atoms with E-state index in [-0.39, 0.29) is 23.9 Å². The molecule has 0 spiro atoms. The van der Waals surface area contributed by atoms with Crippen molar-refractivity contribution in [2.75, 3.05) is 0 Å². The molecule has 0 radical (unpaired) electrons. The van der Waals surface area contributed by atoms with E-state index in [0.29, 0.717) is 17.4 Å². The average Bonchev–Trinajstić information content (AvgIpc) is 2.58. The molecule has 0 aromatic carbocycles. The molecule has 0 aliphatic rings. The number of hydrogen-bond acceptors (Lipinski definition) is 5. The molecule has 1 aromatic rings. The first-order valence-corrected chi connectivity index (χ1v) is 9.31. The van der Waals surface area contributed by atoms with E-state index in [4.69, 9.17) is 4.74 Å². The lowest BCUT2D eigenvalue weighted by molar-refractivity contribution is -0.122. The molecule has 1 rings (SSSR count). The van der Waals surface area contributed by atoms with Gasteiger partial charge in [-0.15, -0.1) is 0 Å². The Morgan fingerprint density at radius 3 is 2.59 bits per heavy atom. The molecule has 0 saturated heterocycles. The van der Waals surface area contributed by atoms with Crippen molar-refractivity contribution >= 4 is 33.8 Å². The third kappa shape index (κ3) is 9.70. The zero-order valence-corrected chi connectivity index (χ0v) is 17.4. The minimum Gasteiger partial charge on any atom is -0.392 e. The van der Waals surface area contributed by atoms with Crippen LogP contribution in [0.3, 0.4) is 0 Å². The fourth-order valence-electron chi connectivity index (χ4n) is 1.88. The highest BCUT2D eigenvalue weighted by Gasteiger charge is 2.24. The van der Waals surface area contributed by atoms with Gasteiger partial charge in [-0.25, -0.2) is 4.98 Å². The van der Waals surface area contributed by atoms with Gasteiger partial charge in [0.05, 0.1) is 10.8 Å². The zero-order chi connectivity index (χ0) is 20.4. The molecule has 0 bridgehead atoms. The number of amides is 3. The Hall–Kier alpha value is -2.47. The van der Waals surface area contributed by atoms with E-state index in [0.717, 1.165) is 0 Å². The molecule has 1 atom stereocenters. The highest BCUT2D eigenvalue weighted by Crippen LogP contribution is 2.12. The lowest BCUT2D eigenvalue weighted by Gasteiger charge is -2.12. The van der Waals surface area contributed by atoms with E-state index < -0.39 is 17.6 Å². The van der Waals surface area contributed by atoms with Gasteiger partial charge in [-0.3, -0.25) is 20.4 Å². The third-order valence-corrected chi connectivity index (χ3v) is 3.65. The van der Waals surface area contributed by atoms with E-state index in [1.54, 1.807) is 32.9 Å². The topological polar surface area (TPSA) is 102 Å². The maximum absolute atomic E-state index is 11.9. The Bertz CT molecular complexity index is 750. The number of hydrogen-bond donors (Lipinski definition) is 2. The van der Waals surface area contributed by atoms with Crippen LogP contribution in [-0.2, 0) is 9.53 Å². The van der Waals surface area contributed by atoms with Gasteiger partial charge in [0.25, 0.3) is 12.0 Å². The molecule has 3 amide bonds. The maximum atomic E-state index is 11.9. The van der Waals surface area contributed by atoms with Gasteiger partial charge in [-0.05, 0) is 61.7 Å². The van der Waals surface area contributed by atoms with Crippen LogP contribution < -0.4 is 10.9 Å². The predicted octanol–water partition coefficient (Wildman–Crippen LogP) is 3.68. The third-order valence-electron chi connectivity index (χ3n) is 3.21. The summed E-state index contributed by atoms with van der Waals surface area (Å²) in [6.45, 7) is 7.15. The number of rotatable bonds is 5. The second-order valence-corrected chi connectivity index (χ2v) is 7.53. The van der Waals surface area contributed by atoms with Crippen LogP contribution in [0.4, 0.5) is 4.79 Å². The largest absolute Gasteiger partial charge is 0.728 e. The molecular formula is C18H24BrN4O4+. The number of carbonyl (C=O) groups is 3. The first-order valence-electron chi connectivity index (χ1n) is 8.51. The monoisotopic (exact) mass is 439 g/mol. The van der Waals surface area contributed by atoms with E-state index in [9.17, 15) is 14.4 Å². The Balaban J connectivity index is 2.43. The van der Waals surface area contributed by atoms with Crippen LogP contribution in [0.15, 0.2) is 22.8 Å². The molecule has 146 valence electrons. The van der Waals surface area contributed by atoms with Crippen LogP contribution in [0.25, 0.3) is 4.85 Å². The summed E-state index contributed by atoms with van der Waals surface area (Å²) in [7, 11) is 0. The van der Waals surface area contributed by atoms with Gasteiger partial charge in [0.15, 0.2) is 0 Å². The van der Waals surface area contributed by atoms with Crippen molar-refractivity contribution in [1.29, 1.82) is 0 Å². The summed E-state index contributed by atoms with van der Waals surface area (Å²) in [5, 5.41) is 0. The Labute approximate surface area is 167 Å². The highest BCUT2D eigenvalue weighted by atomic mass is 79.9. The number of nitrogens with one attached hydrogen (secondary N) is 2. The number of nitrogens with zero attached hydrogens (tertiary/aromatic N) is 2. The van der Waals surface area contributed by atoms with Crippen LogP contribution in [0.5, 0.6) is 0 Å². The number of halogens is 1. The smallest absolute Gasteiger partial charge is 0.392 e. The fourth-order valence-corrected chi connectivity index (χ4v) is 2.23. The summed E-state index contributed by atoms with van der Waals surface area (Å²) < 4.78 is 5.59. The zero-order valence-electron chi connectivity index (χ0n) is 15.8. The molecule has 0 aliphatic heterocycles. The second kappa shape index (κ2) is 10.6. The minimum absolute atomic E-state index is 0.140. The van der Waals surface area contributed by atoms with Crippen LogP contribution in [0.2, 0.25) is 0 Å². The predicted molar refractivity (Wildman–Crippen MR) is 104 cm³/mol. The number of hydrazine groups is 1. The van der Waals surface area contributed by atoms with E-state index in [1.165, 1.54) is 6.07 Å². The lowest BCUT2D eigenvalue weighted by atomic mass is 10.0. The molecule has 27 heavy (non-hydrogen) atoms. The van der Waals surface area contributed by atoms with Crippen LogP contribution >= 0.6 is 15.9 Å². The van der Waals surface area contributed by atoms with Gasteiger partial charge in [-0.2, -0.15) is 4.79 Å². The van der Waals surface area contributed by atoms with E-state index >= 15 is 0 Å². The SMILES string of the molecule is CCC(C#[N+]C(=O)OC(C)(C)C)CCC(=O)NNC(=O)c1cccc(Br)n1. The van der Waals surface area contributed by atoms with Crippen molar-refractivity contribution in [2.24, 2.45) is 5.92 Å². The summed E-state index contributed by atoms with van der Waals surface area (Å²) in [5.74, 6) is -1.06. The molecule has 2 N–H and O–H groups in total. The Kier molecular flexibility index (Phi) is 8.88. The minimum atomic E-state index is -0.709. The van der Waals surface area contributed by atoms with Crippen LogP contribution in [0, 0.1) is 12.0 Å². The number of ether oxygens (including phenoxy) is 1. The van der Waals surface area contributed by atoms with E-state index in [1.807, 2.05) is 6.92 Å². The molecule has 0 saturated carbocycles. The molecule has 8 nitrogen and oxygen atoms in total. The van der Waals surface area contributed by atoms with Crippen molar-refractivity contribution in [1.82, 2.24) is 15.8 Å². The van der Waals surface area contributed by atoms with Crippen molar-refractivity contribution in [3.8, 4) is 6.07 Å². The standard InChI is InChI=1S/C18H23BrN4O4/c1-5-12(11-20-17(26)27-18(2,3)4)9-10-15(24)22-23-16(25)13-7-6-8-14(19)21-13/h6-8,12H,5,9-10H2,1-4H3,(H-,21,22,23,24,25)/p+1. The summed E-state index contributed by atoms with van der Waals surface area (Å²) in [4.78, 5) is 43.0.